The summed E-state index contributed by atoms with van der Waals surface area (Å²) in [5, 5.41) is 7.61. The number of nitrogens with one attached hydrogen (secondary N) is 1. The molecule has 0 saturated heterocycles. The monoisotopic (exact) mass is 302 g/mol. The number of hydrogen-bond acceptors (Lipinski definition) is 4. The lowest BCUT2D eigenvalue weighted by Gasteiger charge is -2.15. The average Bonchev–Trinajstić information content (AvgIpc) is 2.74. The maximum absolute atomic E-state index is 6.07. The predicted octanol–water partition coefficient (Wildman–Crippen LogP) is 2.75. The van der Waals surface area contributed by atoms with E-state index in [0.29, 0.717) is 0 Å². The molecule has 0 aliphatic heterocycles. The second-order valence-electron chi connectivity index (χ2n) is 5.42. The van der Waals surface area contributed by atoms with Crippen molar-refractivity contribution in [2.24, 2.45) is 7.05 Å². The van der Waals surface area contributed by atoms with Gasteiger partial charge in [0, 0.05) is 21.2 Å². The topological polar surface area (TPSA) is 52.0 Å². The predicted molar refractivity (Wildman–Crippen MR) is 91.2 cm³/mol. The van der Waals surface area contributed by atoms with E-state index in [2.05, 4.69) is 28.0 Å². The molecule has 0 aliphatic carbocycles. The van der Waals surface area contributed by atoms with Crippen LogP contribution in [0.2, 0.25) is 0 Å². The first-order valence-corrected chi connectivity index (χ1v) is 7.47. The minimum absolute atomic E-state index is 0. The van der Waals surface area contributed by atoms with Gasteiger partial charge in [-0.25, -0.2) is 4.68 Å². The largest absolute Gasteiger partial charge is 0.473 e. The first-order chi connectivity index (χ1) is 10.6. The summed E-state index contributed by atoms with van der Waals surface area (Å²) in [5.74, 6) is 0.753. The van der Waals surface area contributed by atoms with E-state index in [1.54, 1.807) is 4.68 Å². The summed E-state index contributed by atoms with van der Waals surface area (Å²) in [6, 6.07) is 4.07. The molecule has 0 unspecified atom stereocenters. The fraction of sp³-hybridized carbons (Fsp3) is 0.412. The van der Waals surface area contributed by atoms with Crippen LogP contribution in [-0.4, -0.2) is 34.5 Å². The molecule has 22 heavy (non-hydrogen) atoms. The van der Waals surface area contributed by atoms with Crippen LogP contribution in [0.4, 0.5) is 0 Å². The number of pyridine rings is 1. The maximum atomic E-state index is 6.07. The molecule has 0 amide bonds. The lowest BCUT2D eigenvalue weighted by molar-refractivity contribution is 0.203. The summed E-state index contributed by atoms with van der Waals surface area (Å²) in [7, 11) is 3.81. The van der Waals surface area contributed by atoms with Crippen molar-refractivity contribution in [1.29, 1.82) is 0 Å². The molecule has 0 aliphatic rings. The Balaban J connectivity index is 0.00000264. The van der Waals surface area contributed by atoms with E-state index < -0.39 is 0 Å². The van der Waals surface area contributed by atoms with Crippen LogP contribution < -0.4 is 10.1 Å². The second kappa shape index (κ2) is 7.22. The highest BCUT2D eigenvalue weighted by Crippen LogP contribution is 2.32. The lowest BCUT2D eigenvalue weighted by Crippen LogP contribution is -2.27. The van der Waals surface area contributed by atoms with Gasteiger partial charge in [-0.05, 0) is 45.0 Å². The number of aromatic nitrogens is 3. The quantitative estimate of drug-likeness (QED) is 0.799. The molecule has 0 spiro atoms. The van der Waals surface area contributed by atoms with Crippen molar-refractivity contribution in [1.82, 2.24) is 20.1 Å². The number of ether oxygens (including phenoxy) is 1. The molecule has 5 nitrogen and oxygen atoms in total. The van der Waals surface area contributed by atoms with Crippen molar-refractivity contribution in [3.8, 4) is 17.1 Å². The van der Waals surface area contributed by atoms with Crippen LogP contribution in [-0.2, 0) is 13.5 Å². The number of aryl methyl sites for hydroxylation is 2. The Morgan fingerprint density at radius 2 is 2.32 bits per heavy atom. The van der Waals surface area contributed by atoms with Crippen molar-refractivity contribution in [2.75, 3.05) is 13.6 Å². The number of rotatable bonds is 7. The van der Waals surface area contributed by atoms with E-state index in [9.17, 15) is 0 Å². The molecule has 120 valence electrons. The Morgan fingerprint density at radius 3 is 3.00 bits per heavy atom. The van der Waals surface area contributed by atoms with Gasteiger partial charge in [0.15, 0.2) is 0 Å². The second-order valence-corrected chi connectivity index (χ2v) is 5.42. The molecule has 5 heteroatoms. The number of likely N-dealkylation sites (N-methyl/N-ethyl adjacent to an activating group) is 1. The smallest absolute Gasteiger partial charge is 0.221 e. The average molecular weight is 302 g/mol. The molecule has 2 aromatic heterocycles. The first-order valence-electron chi connectivity index (χ1n) is 7.47. The molecule has 0 aromatic carbocycles. The van der Waals surface area contributed by atoms with E-state index in [1.807, 2.05) is 46.3 Å². The van der Waals surface area contributed by atoms with Crippen molar-refractivity contribution < 1.29 is 6.16 Å². The van der Waals surface area contributed by atoms with Gasteiger partial charge >= 0.3 is 0 Å². The van der Waals surface area contributed by atoms with E-state index >= 15 is 0 Å². The van der Waals surface area contributed by atoms with E-state index in [-0.39, 0.29) is 7.53 Å². The standard InChI is InChI=1S/C17H24N4O.H2/c1-6-7-14-8-9-19-15(10-14)16-13(3)20-21(5)17(16)22-12(2)11-18-4;/h6,8-10,12,18H,1,7,11H2,2-5H3;1H/t12-;/m0./s1. The number of hydrogen-bond donors (Lipinski definition) is 1. The minimum Gasteiger partial charge on any atom is -0.473 e. The Kier molecular flexibility index (Phi) is 5.33. The zero-order valence-corrected chi connectivity index (χ0v) is 13.8. The van der Waals surface area contributed by atoms with Gasteiger partial charge in [0.25, 0.3) is 0 Å². The Hall–Kier alpha value is -2.14. The molecule has 1 N–H and O–H groups in total. The van der Waals surface area contributed by atoms with Crippen molar-refractivity contribution >= 4 is 0 Å². The molecule has 0 fully saturated rings. The highest BCUT2D eigenvalue weighted by molar-refractivity contribution is 5.68. The third kappa shape index (κ3) is 3.54. The summed E-state index contributed by atoms with van der Waals surface area (Å²) >= 11 is 0. The highest BCUT2D eigenvalue weighted by Gasteiger charge is 2.19. The first kappa shape index (κ1) is 16.2. The summed E-state index contributed by atoms with van der Waals surface area (Å²) in [5.41, 5.74) is 3.93. The summed E-state index contributed by atoms with van der Waals surface area (Å²) < 4.78 is 7.85. The van der Waals surface area contributed by atoms with Crippen molar-refractivity contribution in [3.05, 3.63) is 42.2 Å². The fourth-order valence-electron chi connectivity index (χ4n) is 2.49. The van der Waals surface area contributed by atoms with E-state index in [0.717, 1.165) is 35.8 Å². The van der Waals surface area contributed by atoms with Gasteiger partial charge in [-0.15, -0.1) is 6.58 Å². The van der Waals surface area contributed by atoms with E-state index in [1.165, 1.54) is 5.56 Å². The van der Waals surface area contributed by atoms with Crippen LogP contribution in [0.1, 0.15) is 19.6 Å². The lowest BCUT2D eigenvalue weighted by atomic mass is 10.1. The third-order valence-electron chi connectivity index (χ3n) is 3.43. The van der Waals surface area contributed by atoms with E-state index in [4.69, 9.17) is 4.74 Å². The molecular formula is C17H26N4O. The Labute approximate surface area is 133 Å². The highest BCUT2D eigenvalue weighted by atomic mass is 16.5. The van der Waals surface area contributed by atoms with Gasteiger partial charge in [-0.2, -0.15) is 5.10 Å². The molecule has 0 saturated carbocycles. The van der Waals surface area contributed by atoms with Crippen LogP contribution in [0, 0.1) is 6.92 Å². The normalized spacial score (nSPS) is 12.2. The van der Waals surface area contributed by atoms with Crippen molar-refractivity contribution in [2.45, 2.75) is 26.4 Å². The SMILES string of the molecule is C=CCc1ccnc(-c2c(C)nn(C)c2O[C@@H](C)CNC)c1.[HH]. The van der Waals surface area contributed by atoms with Crippen molar-refractivity contribution in [3.63, 3.8) is 0 Å². The van der Waals surface area contributed by atoms with Gasteiger partial charge in [0.05, 0.1) is 17.0 Å². The van der Waals surface area contributed by atoms with Crippen LogP contribution in [0.15, 0.2) is 31.0 Å². The molecule has 0 bridgehead atoms. The zero-order chi connectivity index (χ0) is 16.1. The molecule has 2 rings (SSSR count). The molecule has 2 heterocycles. The van der Waals surface area contributed by atoms with Gasteiger partial charge in [0.1, 0.15) is 6.10 Å². The number of nitrogens with zero attached hydrogens (tertiary/aromatic N) is 3. The van der Waals surface area contributed by atoms with Crippen LogP contribution in [0.25, 0.3) is 11.3 Å². The van der Waals surface area contributed by atoms with Gasteiger partial charge < -0.3 is 10.1 Å². The van der Waals surface area contributed by atoms with Gasteiger partial charge in [0.2, 0.25) is 5.88 Å². The van der Waals surface area contributed by atoms with Crippen LogP contribution >= 0.6 is 0 Å². The van der Waals surface area contributed by atoms with Crippen LogP contribution in [0.3, 0.4) is 0 Å². The fourth-order valence-corrected chi connectivity index (χ4v) is 2.49. The van der Waals surface area contributed by atoms with Crippen LogP contribution in [0.5, 0.6) is 5.88 Å². The Morgan fingerprint density at radius 1 is 1.55 bits per heavy atom. The third-order valence-corrected chi connectivity index (χ3v) is 3.43. The summed E-state index contributed by atoms with van der Waals surface area (Å²) in [4.78, 5) is 4.50. The molecule has 2 aromatic rings. The molecular weight excluding hydrogens is 276 g/mol. The van der Waals surface area contributed by atoms with Gasteiger partial charge in [-0.1, -0.05) is 6.08 Å². The molecule has 0 radical (unpaired) electrons. The summed E-state index contributed by atoms with van der Waals surface area (Å²) in [6.07, 6.45) is 4.58. The zero-order valence-electron chi connectivity index (χ0n) is 13.8. The number of allylic oxidation sites excluding steroid dienone is 1. The van der Waals surface area contributed by atoms with Gasteiger partial charge in [-0.3, -0.25) is 4.98 Å². The summed E-state index contributed by atoms with van der Waals surface area (Å²) in [6.45, 7) is 8.57. The molecule has 1 atom stereocenters. The Bertz CT molecular complexity index is 654. The maximum Gasteiger partial charge on any atom is 0.221 e. The minimum atomic E-state index is 0.